The van der Waals surface area contributed by atoms with Gasteiger partial charge in [-0.1, -0.05) is 48.0 Å². The zero-order chi connectivity index (χ0) is 18.8. The van der Waals surface area contributed by atoms with Gasteiger partial charge < -0.3 is 5.32 Å². The number of nitrogens with one attached hydrogen (secondary N) is 2. The summed E-state index contributed by atoms with van der Waals surface area (Å²) in [5, 5.41) is 3.76. The zero-order valence-corrected chi connectivity index (χ0v) is 16.1. The number of carbonyl (C=O) groups is 1. The lowest BCUT2D eigenvalue weighted by atomic mass is 10.2. The van der Waals surface area contributed by atoms with Crippen LogP contribution in [-0.2, 0) is 14.8 Å². The number of benzene rings is 2. The van der Waals surface area contributed by atoms with Crippen LogP contribution in [0.15, 0.2) is 64.9 Å². The summed E-state index contributed by atoms with van der Waals surface area (Å²) in [4.78, 5) is 12.9. The molecule has 2 aromatic rings. The second-order valence-corrected chi connectivity index (χ2v) is 8.41. The topological polar surface area (TPSA) is 75.3 Å². The quantitative estimate of drug-likeness (QED) is 0.510. The van der Waals surface area contributed by atoms with Gasteiger partial charge in [0.2, 0.25) is 15.9 Å². The second kappa shape index (κ2) is 10.2. The van der Waals surface area contributed by atoms with E-state index in [1.165, 1.54) is 6.08 Å². The number of carbonyl (C=O) groups excluding carboxylic acids is 1. The minimum absolute atomic E-state index is 0.281. The van der Waals surface area contributed by atoms with Crippen LogP contribution in [0.25, 0.3) is 6.08 Å². The van der Waals surface area contributed by atoms with Crippen LogP contribution < -0.4 is 10.0 Å². The van der Waals surface area contributed by atoms with E-state index in [4.69, 9.17) is 0 Å². The van der Waals surface area contributed by atoms with E-state index in [1.807, 2.05) is 61.5 Å². The minimum Gasteiger partial charge on any atom is -0.354 e. The number of aryl methyl sites for hydroxylation is 1. The Morgan fingerprint density at radius 2 is 1.77 bits per heavy atom. The first-order valence-corrected chi connectivity index (χ1v) is 10.7. The highest BCUT2D eigenvalue weighted by atomic mass is 32.2. The minimum atomic E-state index is -3.66. The number of rotatable bonds is 9. The Balaban J connectivity index is 1.69. The summed E-state index contributed by atoms with van der Waals surface area (Å²) < 4.78 is 26.1. The summed E-state index contributed by atoms with van der Waals surface area (Å²) in [5.41, 5.74) is 1.88. The van der Waals surface area contributed by atoms with Gasteiger partial charge >= 0.3 is 0 Å². The van der Waals surface area contributed by atoms with E-state index >= 15 is 0 Å². The molecule has 0 aliphatic heterocycles. The molecule has 138 valence electrons. The first-order chi connectivity index (χ1) is 12.4. The van der Waals surface area contributed by atoms with Gasteiger partial charge in [-0.3, -0.25) is 4.79 Å². The van der Waals surface area contributed by atoms with Crippen molar-refractivity contribution in [3.63, 3.8) is 0 Å². The van der Waals surface area contributed by atoms with Crippen molar-refractivity contribution in [3.8, 4) is 0 Å². The molecule has 1 amide bonds. The van der Waals surface area contributed by atoms with Crippen LogP contribution in [0.3, 0.4) is 0 Å². The summed E-state index contributed by atoms with van der Waals surface area (Å²) in [6.07, 6.45) is 1.50. The van der Waals surface area contributed by atoms with E-state index in [1.54, 1.807) is 11.8 Å². The first kappa shape index (κ1) is 20.2. The van der Waals surface area contributed by atoms with Gasteiger partial charge in [0.05, 0.1) is 6.54 Å². The maximum atomic E-state index is 11.9. The fourth-order valence-electron chi connectivity index (χ4n) is 2.00. The molecule has 0 saturated heterocycles. The standard InChI is InChI=1S/C19H22N2O3S2/c1-16-7-9-17(10-8-16)11-14-26(23,24)21-15-19(22)20-12-13-25-18-5-3-2-4-6-18/h2-11,14,21H,12-13,15H2,1H3,(H,20,22)/b14-11+. The summed E-state index contributed by atoms with van der Waals surface area (Å²) in [6, 6.07) is 17.3. The summed E-state index contributed by atoms with van der Waals surface area (Å²) >= 11 is 1.63. The molecule has 0 radical (unpaired) electrons. The number of amides is 1. The summed E-state index contributed by atoms with van der Waals surface area (Å²) in [7, 11) is -3.66. The molecule has 5 nitrogen and oxygen atoms in total. The molecule has 0 aromatic heterocycles. The van der Waals surface area contributed by atoms with Gasteiger partial charge in [-0.05, 0) is 30.7 Å². The fraction of sp³-hybridized carbons (Fsp3) is 0.211. The molecule has 0 fully saturated rings. The molecule has 2 rings (SSSR count). The van der Waals surface area contributed by atoms with Gasteiger partial charge in [-0.25, -0.2) is 13.1 Å². The molecule has 0 atom stereocenters. The Morgan fingerprint density at radius 1 is 1.08 bits per heavy atom. The van der Waals surface area contributed by atoms with Gasteiger partial charge in [0, 0.05) is 22.6 Å². The molecule has 2 N–H and O–H groups in total. The van der Waals surface area contributed by atoms with Gasteiger partial charge in [0.1, 0.15) is 0 Å². The van der Waals surface area contributed by atoms with E-state index < -0.39 is 10.0 Å². The molecule has 0 spiro atoms. The average molecular weight is 391 g/mol. The predicted molar refractivity (Wildman–Crippen MR) is 107 cm³/mol. The van der Waals surface area contributed by atoms with Crippen LogP contribution in [0.5, 0.6) is 0 Å². The van der Waals surface area contributed by atoms with Crippen molar-refractivity contribution in [2.24, 2.45) is 0 Å². The van der Waals surface area contributed by atoms with Gasteiger partial charge in [-0.15, -0.1) is 11.8 Å². The lowest BCUT2D eigenvalue weighted by Gasteiger charge is -2.06. The Bertz CT molecular complexity index is 833. The monoisotopic (exact) mass is 390 g/mol. The molecule has 0 unspecified atom stereocenters. The number of hydrogen-bond donors (Lipinski definition) is 2. The summed E-state index contributed by atoms with van der Waals surface area (Å²) in [5.74, 6) is 0.363. The fourth-order valence-corrected chi connectivity index (χ4v) is 3.55. The Hall–Kier alpha value is -2.09. The molecule has 0 aliphatic rings. The highest BCUT2D eigenvalue weighted by Crippen LogP contribution is 2.15. The van der Waals surface area contributed by atoms with Gasteiger partial charge in [0.15, 0.2) is 0 Å². The molecule has 2 aromatic carbocycles. The smallest absolute Gasteiger partial charge is 0.235 e. The number of thioether (sulfide) groups is 1. The molecule has 0 bridgehead atoms. The van der Waals surface area contributed by atoms with E-state index in [0.717, 1.165) is 27.2 Å². The Morgan fingerprint density at radius 3 is 2.46 bits per heavy atom. The molecule has 7 heteroatoms. The third-order valence-electron chi connectivity index (χ3n) is 3.39. The van der Waals surface area contributed by atoms with Crippen molar-refractivity contribution < 1.29 is 13.2 Å². The Kier molecular flexibility index (Phi) is 7.90. The van der Waals surface area contributed by atoms with Crippen molar-refractivity contribution in [1.82, 2.24) is 10.0 Å². The maximum absolute atomic E-state index is 11.9. The summed E-state index contributed by atoms with van der Waals surface area (Å²) in [6.45, 7) is 2.15. The SMILES string of the molecule is Cc1ccc(/C=C/S(=O)(=O)NCC(=O)NCCSc2ccccc2)cc1. The van der Waals surface area contributed by atoms with Crippen molar-refractivity contribution in [2.45, 2.75) is 11.8 Å². The first-order valence-electron chi connectivity index (χ1n) is 8.13. The van der Waals surface area contributed by atoms with Crippen LogP contribution in [0, 0.1) is 6.92 Å². The van der Waals surface area contributed by atoms with Crippen LogP contribution in [0.2, 0.25) is 0 Å². The number of sulfonamides is 1. The largest absolute Gasteiger partial charge is 0.354 e. The highest BCUT2D eigenvalue weighted by molar-refractivity contribution is 7.99. The van der Waals surface area contributed by atoms with Crippen molar-refractivity contribution in [2.75, 3.05) is 18.8 Å². The molecular formula is C19H22N2O3S2. The molecule has 26 heavy (non-hydrogen) atoms. The van der Waals surface area contributed by atoms with E-state index in [9.17, 15) is 13.2 Å². The van der Waals surface area contributed by atoms with Gasteiger partial charge in [-0.2, -0.15) is 0 Å². The zero-order valence-electron chi connectivity index (χ0n) is 14.5. The lowest BCUT2D eigenvalue weighted by Crippen LogP contribution is -2.37. The van der Waals surface area contributed by atoms with E-state index in [-0.39, 0.29) is 12.5 Å². The molecule has 0 aliphatic carbocycles. The second-order valence-electron chi connectivity index (χ2n) is 5.59. The third-order valence-corrected chi connectivity index (χ3v) is 5.44. The van der Waals surface area contributed by atoms with Crippen LogP contribution in [0.1, 0.15) is 11.1 Å². The Labute approximate surface area is 158 Å². The normalized spacial score (nSPS) is 11.6. The van der Waals surface area contributed by atoms with Crippen LogP contribution in [0.4, 0.5) is 0 Å². The van der Waals surface area contributed by atoms with Gasteiger partial charge in [0.25, 0.3) is 0 Å². The molecular weight excluding hydrogens is 368 g/mol. The van der Waals surface area contributed by atoms with Crippen LogP contribution >= 0.6 is 11.8 Å². The third kappa shape index (κ3) is 7.86. The number of hydrogen-bond acceptors (Lipinski definition) is 4. The predicted octanol–water partition coefficient (Wildman–Crippen LogP) is 2.79. The highest BCUT2D eigenvalue weighted by Gasteiger charge is 2.08. The average Bonchev–Trinajstić information content (AvgIpc) is 2.64. The molecule has 0 heterocycles. The maximum Gasteiger partial charge on any atom is 0.235 e. The van der Waals surface area contributed by atoms with Crippen molar-refractivity contribution in [3.05, 3.63) is 71.1 Å². The molecule has 0 saturated carbocycles. The van der Waals surface area contributed by atoms with Crippen molar-refractivity contribution >= 4 is 33.8 Å². The van der Waals surface area contributed by atoms with E-state index in [0.29, 0.717) is 6.54 Å². The van der Waals surface area contributed by atoms with Crippen molar-refractivity contribution in [1.29, 1.82) is 0 Å². The lowest BCUT2D eigenvalue weighted by molar-refractivity contribution is -0.119. The van der Waals surface area contributed by atoms with E-state index in [2.05, 4.69) is 10.0 Å². The van der Waals surface area contributed by atoms with Crippen LogP contribution in [-0.4, -0.2) is 33.2 Å².